The average Bonchev–Trinajstić information content (AvgIpc) is 2.46. The Morgan fingerprint density at radius 2 is 1.75 bits per heavy atom. The van der Waals surface area contributed by atoms with Crippen molar-refractivity contribution in [1.29, 1.82) is 0 Å². The molecule has 24 heavy (non-hydrogen) atoms. The fourth-order valence-electron chi connectivity index (χ4n) is 3.36. The first kappa shape index (κ1) is 17.7. The predicted octanol–water partition coefficient (Wildman–Crippen LogP) is 3.36. The van der Waals surface area contributed by atoms with Crippen LogP contribution in [0.1, 0.15) is 22.6 Å². The van der Waals surface area contributed by atoms with Crippen molar-refractivity contribution >= 4 is 33.2 Å². The molecule has 0 spiro atoms. The Hall–Kier alpha value is -1.11. The fraction of sp³-hybridized carbons (Fsp3) is 0.294. The van der Waals surface area contributed by atoms with Crippen LogP contribution in [-0.2, 0) is 16.6 Å². The van der Waals surface area contributed by atoms with Crippen molar-refractivity contribution in [3.8, 4) is 0 Å². The van der Waals surface area contributed by atoms with Gasteiger partial charge in [-0.15, -0.1) is 0 Å². The number of hydrogen-bond donors (Lipinski definition) is 1. The van der Waals surface area contributed by atoms with E-state index in [-0.39, 0.29) is 10.8 Å². The number of primary sulfonamides is 1. The summed E-state index contributed by atoms with van der Waals surface area (Å²) >= 11 is 12.6. The van der Waals surface area contributed by atoms with Gasteiger partial charge in [0.1, 0.15) is 6.54 Å². The van der Waals surface area contributed by atoms with E-state index in [0.717, 1.165) is 34.3 Å². The summed E-state index contributed by atoms with van der Waals surface area (Å²) in [6.45, 7) is 1.70. The molecule has 128 valence electrons. The first-order valence-electron chi connectivity index (χ1n) is 7.49. The van der Waals surface area contributed by atoms with Gasteiger partial charge in [0, 0.05) is 10.6 Å². The number of halogens is 2. The minimum absolute atomic E-state index is 0.0921. The van der Waals surface area contributed by atoms with Crippen LogP contribution >= 0.6 is 23.2 Å². The van der Waals surface area contributed by atoms with Crippen LogP contribution in [0.5, 0.6) is 0 Å². The van der Waals surface area contributed by atoms with Crippen LogP contribution in [0, 0.1) is 0 Å². The van der Waals surface area contributed by atoms with Crippen molar-refractivity contribution in [3.63, 3.8) is 0 Å². The molecule has 1 atom stereocenters. The van der Waals surface area contributed by atoms with E-state index in [9.17, 15) is 8.42 Å². The number of likely N-dealkylation sites (N-methyl/N-ethyl adjacent to an activating group) is 1. The highest BCUT2D eigenvalue weighted by Crippen LogP contribution is 2.40. The van der Waals surface area contributed by atoms with Crippen molar-refractivity contribution in [2.45, 2.75) is 17.4 Å². The topological polar surface area (TPSA) is 60.2 Å². The predicted molar refractivity (Wildman–Crippen MR) is 96.8 cm³/mol. The molecular weight excluding hydrogens is 367 g/mol. The van der Waals surface area contributed by atoms with E-state index >= 15 is 0 Å². The summed E-state index contributed by atoms with van der Waals surface area (Å²) in [6, 6.07) is 10.5. The highest BCUT2D eigenvalue weighted by Gasteiger charge is 2.34. The molecular formula is C17H19Cl2N2O2S+. The molecule has 2 aromatic carbocycles. The highest BCUT2D eigenvalue weighted by molar-refractivity contribution is 7.89. The normalized spacial score (nSPS) is 19.8. The van der Waals surface area contributed by atoms with Crippen molar-refractivity contribution in [1.82, 2.24) is 0 Å². The van der Waals surface area contributed by atoms with Crippen molar-refractivity contribution in [2.24, 2.45) is 5.14 Å². The molecule has 0 aliphatic carbocycles. The van der Waals surface area contributed by atoms with Gasteiger partial charge in [0.2, 0.25) is 10.0 Å². The van der Waals surface area contributed by atoms with Crippen LogP contribution in [-0.4, -0.2) is 33.5 Å². The van der Waals surface area contributed by atoms with Gasteiger partial charge in [0.05, 0.1) is 36.5 Å². The van der Waals surface area contributed by atoms with E-state index < -0.39 is 10.0 Å². The van der Waals surface area contributed by atoms with Crippen LogP contribution < -0.4 is 5.14 Å². The zero-order valence-electron chi connectivity index (χ0n) is 13.5. The van der Waals surface area contributed by atoms with E-state index in [4.69, 9.17) is 28.3 Å². The fourth-order valence-corrected chi connectivity index (χ4v) is 4.45. The number of nitrogens with two attached hydrogens (primary N) is 1. The minimum Gasteiger partial charge on any atom is -0.324 e. The molecule has 0 saturated carbocycles. The summed E-state index contributed by atoms with van der Waals surface area (Å²) in [6.07, 6.45) is 0. The number of benzene rings is 2. The van der Waals surface area contributed by atoms with Gasteiger partial charge in [-0.25, -0.2) is 13.6 Å². The van der Waals surface area contributed by atoms with Gasteiger partial charge < -0.3 is 4.48 Å². The second-order valence-electron chi connectivity index (χ2n) is 6.90. The third-order valence-electron chi connectivity index (χ3n) is 4.44. The molecule has 3 rings (SSSR count). The number of fused-ring (bicyclic) bond motifs is 1. The first-order valence-corrected chi connectivity index (χ1v) is 9.80. The Labute approximate surface area is 152 Å². The molecule has 0 fully saturated rings. The lowest BCUT2D eigenvalue weighted by atomic mass is 9.84. The first-order chi connectivity index (χ1) is 11.1. The quantitative estimate of drug-likeness (QED) is 0.805. The number of hydrogen-bond acceptors (Lipinski definition) is 2. The maximum Gasteiger partial charge on any atom is 0.238 e. The Kier molecular flexibility index (Phi) is 4.43. The zero-order chi connectivity index (χ0) is 17.7. The third-order valence-corrected chi connectivity index (χ3v) is 5.93. The van der Waals surface area contributed by atoms with Crippen LogP contribution in [0.15, 0.2) is 41.3 Å². The lowest BCUT2D eigenvalue weighted by molar-refractivity contribution is -0.906. The van der Waals surface area contributed by atoms with E-state index in [1.54, 1.807) is 18.2 Å². The van der Waals surface area contributed by atoms with Crippen molar-refractivity contribution in [3.05, 3.63) is 63.1 Å². The van der Waals surface area contributed by atoms with Gasteiger partial charge in [-0.05, 0) is 35.4 Å². The summed E-state index contributed by atoms with van der Waals surface area (Å²) in [7, 11) is 0.612. The molecule has 1 unspecified atom stereocenters. The van der Waals surface area contributed by atoms with Crippen LogP contribution in [0.25, 0.3) is 0 Å². The maximum absolute atomic E-state index is 11.5. The maximum atomic E-state index is 11.5. The summed E-state index contributed by atoms with van der Waals surface area (Å²) < 4.78 is 23.7. The number of sulfonamides is 1. The van der Waals surface area contributed by atoms with Crippen molar-refractivity contribution in [2.75, 3.05) is 20.6 Å². The molecule has 2 aromatic rings. The molecule has 1 aliphatic rings. The molecule has 0 bridgehead atoms. The molecule has 1 heterocycles. The number of nitrogens with zero attached hydrogens (tertiary/aromatic N) is 1. The Morgan fingerprint density at radius 1 is 1.12 bits per heavy atom. The van der Waals surface area contributed by atoms with E-state index in [2.05, 4.69) is 14.1 Å². The summed E-state index contributed by atoms with van der Waals surface area (Å²) in [4.78, 5) is 0.111. The second-order valence-corrected chi connectivity index (χ2v) is 9.30. The Morgan fingerprint density at radius 3 is 2.33 bits per heavy atom. The van der Waals surface area contributed by atoms with Gasteiger partial charge in [0.15, 0.2) is 0 Å². The van der Waals surface area contributed by atoms with Crippen LogP contribution in [0.2, 0.25) is 10.0 Å². The minimum atomic E-state index is -3.69. The molecule has 1 aliphatic heterocycles. The summed E-state index contributed by atoms with van der Waals surface area (Å²) in [5.74, 6) is 0.0921. The molecule has 0 amide bonds. The zero-order valence-corrected chi connectivity index (χ0v) is 15.8. The molecule has 0 radical (unpaired) electrons. The summed E-state index contributed by atoms with van der Waals surface area (Å²) in [5, 5.41) is 6.46. The monoisotopic (exact) mass is 385 g/mol. The van der Waals surface area contributed by atoms with Gasteiger partial charge in [-0.3, -0.25) is 0 Å². The van der Waals surface area contributed by atoms with Crippen LogP contribution in [0.4, 0.5) is 0 Å². The van der Waals surface area contributed by atoms with Gasteiger partial charge in [-0.2, -0.15) is 0 Å². The third kappa shape index (κ3) is 3.46. The second kappa shape index (κ2) is 6.00. The average molecular weight is 386 g/mol. The van der Waals surface area contributed by atoms with E-state index in [0.29, 0.717) is 10.0 Å². The van der Waals surface area contributed by atoms with Gasteiger partial charge >= 0.3 is 0 Å². The van der Waals surface area contributed by atoms with Gasteiger partial charge in [-0.1, -0.05) is 35.3 Å². The SMILES string of the molecule is C[N+]1(C)Cc2c(Cl)cc(Cl)cc2C(c2ccc(S(N)(=O)=O)cc2)C1. The molecule has 0 saturated heterocycles. The highest BCUT2D eigenvalue weighted by atomic mass is 35.5. The standard InChI is InChI=1S/C17H19Cl2N2O2S/c1-21(2)9-15(11-3-5-13(6-4-11)24(20,22)23)14-7-12(18)8-17(19)16(14)10-21/h3-8,15H,9-10H2,1-2H3,(H2,20,22,23)/q+1. The molecule has 7 heteroatoms. The number of rotatable bonds is 2. The van der Waals surface area contributed by atoms with Crippen molar-refractivity contribution < 1.29 is 12.9 Å². The van der Waals surface area contributed by atoms with Crippen LogP contribution in [0.3, 0.4) is 0 Å². The number of quaternary nitrogens is 1. The Bertz CT molecular complexity index is 894. The summed E-state index contributed by atoms with van der Waals surface area (Å²) in [5.41, 5.74) is 3.22. The van der Waals surface area contributed by atoms with Gasteiger partial charge in [0.25, 0.3) is 0 Å². The van der Waals surface area contributed by atoms with E-state index in [1.807, 2.05) is 18.2 Å². The Balaban J connectivity index is 2.11. The largest absolute Gasteiger partial charge is 0.324 e. The lowest BCUT2D eigenvalue weighted by Gasteiger charge is -2.40. The molecule has 4 nitrogen and oxygen atoms in total. The molecule has 0 aromatic heterocycles. The molecule has 2 N–H and O–H groups in total. The lowest BCUT2D eigenvalue weighted by Crippen LogP contribution is -2.46. The van der Waals surface area contributed by atoms with E-state index in [1.165, 1.54) is 0 Å². The smallest absolute Gasteiger partial charge is 0.238 e.